The number of esters is 2. The molecule has 138 valence electrons. The second-order valence-electron chi connectivity index (χ2n) is 6.08. The van der Waals surface area contributed by atoms with Crippen LogP contribution in [0.25, 0.3) is 0 Å². The third-order valence-electron chi connectivity index (χ3n) is 3.56. The van der Waals surface area contributed by atoms with E-state index in [9.17, 15) is 19.8 Å². The molecule has 0 bridgehead atoms. The van der Waals surface area contributed by atoms with Crippen LogP contribution in [0.5, 0.6) is 0 Å². The molecular weight excluding hydrogens is 312 g/mol. The highest BCUT2D eigenvalue weighted by Crippen LogP contribution is 2.32. The maximum atomic E-state index is 11.9. The first-order valence-corrected chi connectivity index (χ1v) is 8.27. The maximum absolute atomic E-state index is 11.9. The van der Waals surface area contributed by atoms with Crippen molar-refractivity contribution in [3.05, 3.63) is 24.3 Å². The summed E-state index contributed by atoms with van der Waals surface area (Å²) in [6, 6.07) is 0. The summed E-state index contributed by atoms with van der Waals surface area (Å²) in [6.07, 6.45) is 1.86. The van der Waals surface area contributed by atoms with E-state index < -0.39 is 29.9 Å². The SMILES string of the molecule is C=C(C)C(=O)OC(O)(OC(=O)C(=C)C)C(CCC)C(O)CCCC. The minimum Gasteiger partial charge on any atom is -0.394 e. The number of aliphatic hydroxyl groups is 2. The number of ether oxygens (including phenoxy) is 2. The zero-order chi connectivity index (χ0) is 18.9. The van der Waals surface area contributed by atoms with Crippen molar-refractivity contribution in [1.29, 1.82) is 0 Å². The van der Waals surface area contributed by atoms with Crippen molar-refractivity contribution >= 4 is 11.9 Å². The van der Waals surface area contributed by atoms with Crippen molar-refractivity contribution in [1.82, 2.24) is 0 Å². The molecule has 0 spiro atoms. The van der Waals surface area contributed by atoms with E-state index in [1.165, 1.54) is 13.8 Å². The average molecular weight is 342 g/mol. The Morgan fingerprint density at radius 1 is 1.00 bits per heavy atom. The van der Waals surface area contributed by atoms with E-state index in [1.807, 2.05) is 13.8 Å². The summed E-state index contributed by atoms with van der Waals surface area (Å²) in [5.74, 6) is -5.36. The topological polar surface area (TPSA) is 93.1 Å². The van der Waals surface area contributed by atoms with Gasteiger partial charge in [-0.05, 0) is 26.7 Å². The Labute approximate surface area is 144 Å². The van der Waals surface area contributed by atoms with Gasteiger partial charge in [0, 0.05) is 11.1 Å². The number of aliphatic hydroxyl groups excluding tert-OH is 1. The number of unbranched alkanes of at least 4 members (excludes halogenated alkanes) is 1. The summed E-state index contributed by atoms with van der Waals surface area (Å²) in [6.45, 7) is 13.5. The highest BCUT2D eigenvalue weighted by atomic mass is 16.8. The second-order valence-corrected chi connectivity index (χ2v) is 6.08. The molecule has 0 aromatic rings. The van der Waals surface area contributed by atoms with Gasteiger partial charge >= 0.3 is 17.9 Å². The molecule has 0 aliphatic rings. The quantitative estimate of drug-likeness (QED) is 0.341. The van der Waals surface area contributed by atoms with E-state index in [-0.39, 0.29) is 11.1 Å². The predicted octanol–water partition coefficient (Wildman–Crippen LogP) is 2.84. The highest BCUT2D eigenvalue weighted by molar-refractivity contribution is 5.88. The van der Waals surface area contributed by atoms with Gasteiger partial charge in [0.15, 0.2) is 0 Å². The van der Waals surface area contributed by atoms with Crippen LogP contribution in [0.15, 0.2) is 24.3 Å². The Morgan fingerprint density at radius 3 is 1.79 bits per heavy atom. The van der Waals surface area contributed by atoms with Crippen LogP contribution in [-0.4, -0.2) is 34.2 Å². The van der Waals surface area contributed by atoms with Gasteiger partial charge in [-0.2, -0.15) is 0 Å². The standard InChI is InChI=1S/C18H30O6/c1-7-9-11-15(19)14(10-8-2)18(22,23-16(20)12(3)4)24-17(21)13(5)6/h14-15,19,22H,3,5,7-11H2,1-2,4,6H3. The predicted molar refractivity (Wildman–Crippen MR) is 90.7 cm³/mol. The Hall–Kier alpha value is -1.66. The number of hydrogen-bond acceptors (Lipinski definition) is 6. The van der Waals surface area contributed by atoms with Crippen molar-refractivity contribution in [3.8, 4) is 0 Å². The van der Waals surface area contributed by atoms with Crippen LogP contribution in [-0.2, 0) is 19.1 Å². The van der Waals surface area contributed by atoms with E-state index in [4.69, 9.17) is 9.47 Å². The fraction of sp³-hybridized carbons (Fsp3) is 0.667. The van der Waals surface area contributed by atoms with E-state index >= 15 is 0 Å². The normalized spacial score (nSPS) is 13.8. The lowest BCUT2D eigenvalue weighted by molar-refractivity contribution is -0.358. The molecule has 0 aromatic carbocycles. The molecule has 2 unspecified atom stereocenters. The lowest BCUT2D eigenvalue weighted by Crippen LogP contribution is -2.51. The van der Waals surface area contributed by atoms with Crippen LogP contribution in [0, 0.1) is 5.92 Å². The number of hydrogen-bond donors (Lipinski definition) is 2. The second kappa shape index (κ2) is 10.3. The van der Waals surface area contributed by atoms with Crippen LogP contribution < -0.4 is 0 Å². The maximum Gasteiger partial charge on any atom is 0.379 e. The molecule has 2 atom stereocenters. The number of carbonyl (C=O) groups is 2. The minimum absolute atomic E-state index is 0.0399. The molecule has 24 heavy (non-hydrogen) atoms. The fourth-order valence-corrected chi connectivity index (χ4v) is 2.16. The zero-order valence-electron chi connectivity index (χ0n) is 15.1. The number of carbonyl (C=O) groups excluding carboxylic acids is 2. The molecule has 0 aromatic heterocycles. The largest absolute Gasteiger partial charge is 0.394 e. The third-order valence-corrected chi connectivity index (χ3v) is 3.56. The van der Waals surface area contributed by atoms with Gasteiger partial charge in [0.2, 0.25) is 0 Å². The Bertz CT molecular complexity index is 440. The van der Waals surface area contributed by atoms with Gasteiger partial charge in [-0.1, -0.05) is 46.3 Å². The zero-order valence-corrected chi connectivity index (χ0v) is 15.1. The molecule has 0 fully saturated rings. The summed E-state index contributed by atoms with van der Waals surface area (Å²) < 4.78 is 10.0. The monoisotopic (exact) mass is 342 g/mol. The van der Waals surface area contributed by atoms with Crippen LogP contribution in [0.3, 0.4) is 0 Å². The van der Waals surface area contributed by atoms with Gasteiger partial charge in [-0.25, -0.2) is 9.59 Å². The lowest BCUT2D eigenvalue weighted by atomic mass is 9.90. The Morgan fingerprint density at radius 2 is 1.46 bits per heavy atom. The van der Waals surface area contributed by atoms with E-state index in [1.54, 1.807) is 0 Å². The van der Waals surface area contributed by atoms with Gasteiger partial charge < -0.3 is 19.7 Å². The van der Waals surface area contributed by atoms with Crippen LogP contribution in [0.1, 0.15) is 59.8 Å². The smallest absolute Gasteiger partial charge is 0.379 e. The Balaban J connectivity index is 5.62. The van der Waals surface area contributed by atoms with Gasteiger partial charge in [0.05, 0.1) is 12.0 Å². The number of rotatable bonds is 11. The molecule has 0 rings (SSSR count). The molecular formula is C18H30O6. The molecule has 0 radical (unpaired) electrons. The van der Waals surface area contributed by atoms with E-state index in [0.717, 1.165) is 12.8 Å². The van der Waals surface area contributed by atoms with E-state index in [2.05, 4.69) is 13.2 Å². The van der Waals surface area contributed by atoms with Crippen molar-refractivity contribution in [2.45, 2.75) is 71.9 Å². The van der Waals surface area contributed by atoms with Gasteiger partial charge in [0.1, 0.15) is 0 Å². The fourth-order valence-electron chi connectivity index (χ4n) is 2.16. The molecule has 6 heteroatoms. The summed E-state index contributed by atoms with van der Waals surface area (Å²) in [4.78, 5) is 23.8. The minimum atomic E-state index is -2.57. The molecule has 0 amide bonds. The first-order chi connectivity index (χ1) is 11.1. The summed E-state index contributed by atoms with van der Waals surface area (Å²) >= 11 is 0. The summed E-state index contributed by atoms with van der Waals surface area (Å²) in [5, 5.41) is 21.2. The highest BCUT2D eigenvalue weighted by Gasteiger charge is 2.48. The van der Waals surface area contributed by atoms with Crippen molar-refractivity contribution in [2.75, 3.05) is 0 Å². The van der Waals surface area contributed by atoms with Crippen LogP contribution in [0.2, 0.25) is 0 Å². The molecule has 0 aliphatic heterocycles. The summed E-state index contributed by atoms with van der Waals surface area (Å²) in [7, 11) is 0. The van der Waals surface area contributed by atoms with Crippen LogP contribution in [0.4, 0.5) is 0 Å². The molecule has 2 N–H and O–H groups in total. The average Bonchev–Trinajstić information content (AvgIpc) is 2.49. The molecule has 0 saturated heterocycles. The van der Waals surface area contributed by atoms with Gasteiger partial charge in [-0.15, -0.1) is 0 Å². The van der Waals surface area contributed by atoms with Gasteiger partial charge in [-0.3, -0.25) is 0 Å². The first-order valence-electron chi connectivity index (χ1n) is 8.27. The van der Waals surface area contributed by atoms with E-state index in [0.29, 0.717) is 19.3 Å². The van der Waals surface area contributed by atoms with Crippen molar-refractivity contribution < 1.29 is 29.3 Å². The first kappa shape index (κ1) is 22.3. The van der Waals surface area contributed by atoms with Crippen molar-refractivity contribution in [3.63, 3.8) is 0 Å². The molecule has 0 saturated carbocycles. The molecule has 6 nitrogen and oxygen atoms in total. The summed E-state index contributed by atoms with van der Waals surface area (Å²) in [5.41, 5.74) is 0.0798. The third kappa shape index (κ3) is 6.84. The lowest BCUT2D eigenvalue weighted by Gasteiger charge is -2.36. The van der Waals surface area contributed by atoms with Crippen molar-refractivity contribution in [2.24, 2.45) is 5.92 Å². The molecule has 0 heterocycles. The Kier molecular flexibility index (Phi) is 9.55. The van der Waals surface area contributed by atoms with Crippen LogP contribution >= 0.6 is 0 Å². The molecule has 0 aliphatic carbocycles. The van der Waals surface area contributed by atoms with Gasteiger partial charge in [0.25, 0.3) is 0 Å².